The molecule has 0 aromatic carbocycles. The summed E-state index contributed by atoms with van der Waals surface area (Å²) >= 11 is 3.37. The fraction of sp³-hybridized carbons (Fsp3) is 0.900. The molecule has 1 amide bonds. The molecule has 3 nitrogen and oxygen atoms in total. The van der Waals surface area contributed by atoms with Crippen LogP contribution < -0.4 is 0 Å². The van der Waals surface area contributed by atoms with Gasteiger partial charge in [0.25, 0.3) is 0 Å². The van der Waals surface area contributed by atoms with Gasteiger partial charge in [0.1, 0.15) is 0 Å². The first-order valence-corrected chi connectivity index (χ1v) is 6.09. The highest BCUT2D eigenvalue weighted by Crippen LogP contribution is 2.10. The number of hydrogen-bond donors (Lipinski definition) is 0. The maximum absolute atomic E-state index is 10.6. The predicted octanol–water partition coefficient (Wildman–Crippen LogP) is 2.74. The third-order valence-electron chi connectivity index (χ3n) is 1.52. The van der Waals surface area contributed by atoms with E-state index < -0.39 is 0 Å². The highest BCUT2D eigenvalue weighted by Gasteiger charge is 2.15. The normalized spacial score (nSPS) is 11.4. The molecule has 0 aliphatic heterocycles. The van der Waals surface area contributed by atoms with Gasteiger partial charge in [-0.05, 0) is 33.6 Å². The minimum atomic E-state index is -0.295. The summed E-state index contributed by atoms with van der Waals surface area (Å²) in [7, 11) is 0. The van der Waals surface area contributed by atoms with Gasteiger partial charge in [0, 0.05) is 11.9 Å². The van der Waals surface area contributed by atoms with Gasteiger partial charge in [-0.3, -0.25) is 9.63 Å². The second-order valence-electron chi connectivity index (χ2n) is 4.20. The van der Waals surface area contributed by atoms with Crippen molar-refractivity contribution in [2.24, 2.45) is 0 Å². The van der Waals surface area contributed by atoms with Crippen LogP contribution in [0, 0.1) is 0 Å². The lowest BCUT2D eigenvalue weighted by molar-refractivity contribution is -0.216. The average molecular weight is 266 g/mol. The standard InChI is InChI=1S/C10H20BrNO2/c1-10(2,3)14-12(9-13)8-6-4-5-7-11/h9H,4-8H2,1-3H3. The van der Waals surface area contributed by atoms with E-state index in [1.54, 1.807) is 0 Å². The minimum absolute atomic E-state index is 0.295. The minimum Gasteiger partial charge on any atom is -0.276 e. The molecule has 0 aromatic rings. The lowest BCUT2D eigenvalue weighted by atomic mass is 10.2. The molecule has 0 bridgehead atoms. The number of hydroxylamine groups is 2. The van der Waals surface area contributed by atoms with Gasteiger partial charge in [-0.2, -0.15) is 0 Å². The summed E-state index contributed by atoms with van der Waals surface area (Å²) in [6.07, 6.45) is 3.99. The lowest BCUT2D eigenvalue weighted by Crippen LogP contribution is -2.33. The van der Waals surface area contributed by atoms with Crippen LogP contribution in [0.3, 0.4) is 0 Å². The van der Waals surface area contributed by atoms with Crippen molar-refractivity contribution in [2.75, 3.05) is 11.9 Å². The van der Waals surface area contributed by atoms with E-state index in [9.17, 15) is 4.79 Å². The largest absolute Gasteiger partial charge is 0.276 e. The number of halogens is 1. The van der Waals surface area contributed by atoms with Crippen LogP contribution in [0.4, 0.5) is 0 Å². The summed E-state index contributed by atoms with van der Waals surface area (Å²) in [4.78, 5) is 16.1. The molecule has 0 fully saturated rings. The number of carbonyl (C=O) groups is 1. The topological polar surface area (TPSA) is 29.5 Å². The highest BCUT2D eigenvalue weighted by molar-refractivity contribution is 9.09. The molecule has 0 saturated carbocycles. The zero-order valence-electron chi connectivity index (χ0n) is 9.25. The van der Waals surface area contributed by atoms with Crippen LogP contribution in [0.25, 0.3) is 0 Å². The van der Waals surface area contributed by atoms with Crippen molar-refractivity contribution in [3.05, 3.63) is 0 Å². The second kappa shape index (κ2) is 7.23. The first kappa shape index (κ1) is 13.9. The van der Waals surface area contributed by atoms with Gasteiger partial charge in [0.05, 0.1) is 5.60 Å². The second-order valence-corrected chi connectivity index (χ2v) is 4.99. The molecular formula is C10H20BrNO2. The van der Waals surface area contributed by atoms with Crippen LogP contribution in [0.5, 0.6) is 0 Å². The smallest absolute Gasteiger partial charge is 0.233 e. The molecule has 0 aromatic heterocycles. The van der Waals surface area contributed by atoms with Crippen molar-refractivity contribution in [1.29, 1.82) is 0 Å². The monoisotopic (exact) mass is 265 g/mol. The molecule has 0 unspecified atom stereocenters. The molecule has 0 aliphatic carbocycles. The van der Waals surface area contributed by atoms with Gasteiger partial charge in [0.2, 0.25) is 6.41 Å². The number of rotatable bonds is 7. The zero-order valence-corrected chi connectivity index (χ0v) is 10.8. The Bertz CT molecular complexity index is 157. The molecule has 0 heterocycles. The van der Waals surface area contributed by atoms with E-state index in [-0.39, 0.29) is 5.60 Å². The maximum Gasteiger partial charge on any atom is 0.233 e. The Hall–Kier alpha value is -0.0900. The average Bonchev–Trinajstić information content (AvgIpc) is 2.08. The Morgan fingerprint density at radius 1 is 1.29 bits per heavy atom. The number of hydrogen-bond acceptors (Lipinski definition) is 2. The number of amides is 1. The molecule has 0 atom stereocenters. The van der Waals surface area contributed by atoms with Crippen molar-refractivity contribution in [3.63, 3.8) is 0 Å². The predicted molar refractivity (Wildman–Crippen MR) is 61.3 cm³/mol. The first-order chi connectivity index (χ1) is 6.49. The zero-order chi connectivity index (χ0) is 11.0. The summed E-state index contributed by atoms with van der Waals surface area (Å²) in [5.41, 5.74) is -0.295. The van der Waals surface area contributed by atoms with Crippen LogP contribution in [-0.4, -0.2) is 28.9 Å². The third kappa shape index (κ3) is 8.51. The molecule has 0 rings (SSSR count). The lowest BCUT2D eigenvalue weighted by Gasteiger charge is -2.26. The maximum atomic E-state index is 10.6. The fourth-order valence-corrected chi connectivity index (χ4v) is 1.41. The molecule has 0 saturated heterocycles. The van der Waals surface area contributed by atoms with Crippen molar-refractivity contribution in [2.45, 2.75) is 45.6 Å². The highest BCUT2D eigenvalue weighted by atomic mass is 79.9. The Kier molecular flexibility index (Phi) is 7.19. The molecule has 0 N–H and O–H groups in total. The van der Waals surface area contributed by atoms with Crippen LogP contribution in [-0.2, 0) is 9.63 Å². The van der Waals surface area contributed by atoms with Crippen LogP contribution >= 0.6 is 15.9 Å². The third-order valence-corrected chi connectivity index (χ3v) is 2.08. The van der Waals surface area contributed by atoms with E-state index in [1.807, 2.05) is 20.8 Å². The van der Waals surface area contributed by atoms with Crippen molar-refractivity contribution in [3.8, 4) is 0 Å². The molecule has 14 heavy (non-hydrogen) atoms. The Balaban J connectivity index is 3.64. The molecular weight excluding hydrogens is 246 g/mol. The molecule has 84 valence electrons. The van der Waals surface area contributed by atoms with E-state index in [0.29, 0.717) is 6.54 Å². The number of alkyl halides is 1. The van der Waals surface area contributed by atoms with Crippen LogP contribution in [0.2, 0.25) is 0 Å². The SMILES string of the molecule is CC(C)(C)ON(C=O)CCCCCBr. The van der Waals surface area contributed by atoms with Crippen LogP contribution in [0.15, 0.2) is 0 Å². The van der Waals surface area contributed by atoms with Gasteiger partial charge in [-0.25, -0.2) is 5.06 Å². The molecule has 4 heteroatoms. The quantitative estimate of drug-likeness (QED) is 0.307. The Labute approximate surface area is 94.9 Å². The van der Waals surface area contributed by atoms with E-state index >= 15 is 0 Å². The molecule has 0 aliphatic rings. The Morgan fingerprint density at radius 2 is 1.93 bits per heavy atom. The van der Waals surface area contributed by atoms with Crippen LogP contribution in [0.1, 0.15) is 40.0 Å². The summed E-state index contributed by atoms with van der Waals surface area (Å²) in [6.45, 7) is 6.47. The Morgan fingerprint density at radius 3 is 2.36 bits per heavy atom. The van der Waals surface area contributed by atoms with Gasteiger partial charge in [-0.1, -0.05) is 22.4 Å². The van der Waals surface area contributed by atoms with Gasteiger partial charge in [-0.15, -0.1) is 0 Å². The van der Waals surface area contributed by atoms with Gasteiger partial charge < -0.3 is 0 Å². The number of unbranched alkanes of at least 4 members (excludes halogenated alkanes) is 2. The van der Waals surface area contributed by atoms with E-state index in [4.69, 9.17) is 4.84 Å². The first-order valence-electron chi connectivity index (χ1n) is 4.96. The van der Waals surface area contributed by atoms with Gasteiger partial charge in [0.15, 0.2) is 0 Å². The fourth-order valence-electron chi connectivity index (χ4n) is 1.01. The summed E-state index contributed by atoms with van der Waals surface area (Å²) in [5, 5.41) is 2.41. The van der Waals surface area contributed by atoms with E-state index in [0.717, 1.165) is 31.0 Å². The van der Waals surface area contributed by atoms with E-state index in [2.05, 4.69) is 15.9 Å². The summed E-state index contributed by atoms with van der Waals surface area (Å²) in [6, 6.07) is 0. The molecule has 0 spiro atoms. The molecule has 0 radical (unpaired) electrons. The number of carbonyl (C=O) groups excluding carboxylic acids is 1. The van der Waals surface area contributed by atoms with Gasteiger partial charge >= 0.3 is 0 Å². The summed E-state index contributed by atoms with van der Waals surface area (Å²) < 4.78 is 0. The van der Waals surface area contributed by atoms with Crippen molar-refractivity contribution >= 4 is 22.3 Å². The van der Waals surface area contributed by atoms with Crippen molar-refractivity contribution < 1.29 is 9.63 Å². The van der Waals surface area contributed by atoms with E-state index in [1.165, 1.54) is 5.06 Å². The van der Waals surface area contributed by atoms with Crippen molar-refractivity contribution in [1.82, 2.24) is 5.06 Å². The summed E-state index contributed by atoms with van der Waals surface area (Å²) in [5.74, 6) is 0. The number of nitrogens with zero attached hydrogens (tertiary/aromatic N) is 1.